The molecule has 0 heterocycles. The van der Waals surface area contributed by atoms with Crippen LogP contribution in [0.15, 0.2) is 42.5 Å². The first-order chi connectivity index (χ1) is 9.31. The number of rotatable bonds is 5. The lowest BCUT2D eigenvalue weighted by Gasteiger charge is -2.05. The molecular weight excluding hydrogens is 236 g/mol. The zero-order chi connectivity index (χ0) is 13.1. The molecule has 0 radical (unpaired) electrons. The number of aryl methyl sites for hydroxylation is 1. The normalized spacial score (nSPS) is 14.5. The zero-order valence-electron chi connectivity index (χ0n) is 11.0. The first-order valence-electron chi connectivity index (χ1n) is 6.94. The Labute approximate surface area is 113 Å². The molecule has 2 aromatic rings. The largest absolute Gasteiger partial charge is 0.465 e. The summed E-state index contributed by atoms with van der Waals surface area (Å²) in [6.07, 6.45) is 3.68. The molecular formula is C17H18O2. The fraction of sp³-hybridized carbons (Fsp3) is 0.353. The molecule has 0 bridgehead atoms. The quantitative estimate of drug-likeness (QED) is 0.760. The molecule has 1 aliphatic carbocycles. The van der Waals surface area contributed by atoms with Crippen molar-refractivity contribution in [1.82, 2.24) is 0 Å². The van der Waals surface area contributed by atoms with Gasteiger partial charge in [-0.3, -0.25) is 4.79 Å². The SMILES string of the molecule is O=C(CCc1ccc2ccccc2c1)OCC1CC1. The van der Waals surface area contributed by atoms with Crippen molar-refractivity contribution in [2.45, 2.75) is 25.7 Å². The van der Waals surface area contributed by atoms with Gasteiger partial charge < -0.3 is 4.74 Å². The van der Waals surface area contributed by atoms with Crippen LogP contribution in [0.1, 0.15) is 24.8 Å². The summed E-state index contributed by atoms with van der Waals surface area (Å²) in [5.41, 5.74) is 1.20. The number of carbonyl (C=O) groups excluding carboxylic acids is 1. The Balaban J connectivity index is 1.56. The van der Waals surface area contributed by atoms with Crippen LogP contribution in [0.5, 0.6) is 0 Å². The monoisotopic (exact) mass is 254 g/mol. The Morgan fingerprint density at radius 1 is 1.11 bits per heavy atom. The van der Waals surface area contributed by atoms with Crippen molar-refractivity contribution in [2.24, 2.45) is 5.92 Å². The molecule has 19 heavy (non-hydrogen) atoms. The number of benzene rings is 2. The average molecular weight is 254 g/mol. The fourth-order valence-corrected chi connectivity index (χ4v) is 2.21. The van der Waals surface area contributed by atoms with E-state index in [4.69, 9.17) is 4.74 Å². The molecule has 1 fully saturated rings. The van der Waals surface area contributed by atoms with Crippen LogP contribution < -0.4 is 0 Å². The lowest BCUT2D eigenvalue weighted by molar-refractivity contribution is -0.144. The Bertz CT molecular complexity index is 585. The molecule has 2 aromatic carbocycles. The van der Waals surface area contributed by atoms with Crippen LogP contribution in [0, 0.1) is 5.92 Å². The minimum absolute atomic E-state index is 0.0694. The minimum Gasteiger partial charge on any atom is -0.465 e. The summed E-state index contributed by atoms with van der Waals surface area (Å²) in [5, 5.41) is 2.47. The highest BCUT2D eigenvalue weighted by molar-refractivity contribution is 5.83. The van der Waals surface area contributed by atoms with E-state index in [9.17, 15) is 4.79 Å². The molecule has 0 aliphatic heterocycles. The summed E-state index contributed by atoms with van der Waals surface area (Å²) < 4.78 is 5.24. The van der Waals surface area contributed by atoms with E-state index < -0.39 is 0 Å². The Morgan fingerprint density at radius 2 is 1.89 bits per heavy atom. The van der Waals surface area contributed by atoms with Crippen molar-refractivity contribution in [3.05, 3.63) is 48.0 Å². The third-order valence-electron chi connectivity index (χ3n) is 3.61. The number of hydrogen-bond donors (Lipinski definition) is 0. The Kier molecular flexibility index (Phi) is 3.49. The van der Waals surface area contributed by atoms with Crippen molar-refractivity contribution in [3.63, 3.8) is 0 Å². The fourth-order valence-electron chi connectivity index (χ4n) is 2.21. The van der Waals surface area contributed by atoms with Gasteiger partial charge in [0.25, 0.3) is 0 Å². The highest BCUT2D eigenvalue weighted by atomic mass is 16.5. The second-order valence-electron chi connectivity index (χ2n) is 5.31. The molecule has 2 heteroatoms. The average Bonchev–Trinajstić information content (AvgIpc) is 3.27. The molecule has 0 spiro atoms. The van der Waals surface area contributed by atoms with Gasteiger partial charge in [-0.15, -0.1) is 0 Å². The van der Waals surface area contributed by atoms with Gasteiger partial charge in [-0.05, 0) is 41.5 Å². The minimum atomic E-state index is -0.0694. The molecule has 3 rings (SSSR count). The zero-order valence-corrected chi connectivity index (χ0v) is 11.0. The van der Waals surface area contributed by atoms with Gasteiger partial charge >= 0.3 is 5.97 Å². The van der Waals surface area contributed by atoms with Gasteiger partial charge in [0.1, 0.15) is 0 Å². The van der Waals surface area contributed by atoms with E-state index >= 15 is 0 Å². The molecule has 0 atom stereocenters. The van der Waals surface area contributed by atoms with Crippen LogP contribution in [-0.2, 0) is 16.0 Å². The summed E-state index contributed by atoms with van der Waals surface area (Å²) >= 11 is 0. The number of ether oxygens (including phenoxy) is 1. The molecule has 2 nitrogen and oxygen atoms in total. The van der Waals surface area contributed by atoms with Crippen molar-refractivity contribution in [3.8, 4) is 0 Å². The van der Waals surface area contributed by atoms with Crippen molar-refractivity contribution < 1.29 is 9.53 Å². The first kappa shape index (κ1) is 12.2. The van der Waals surface area contributed by atoms with Crippen LogP contribution in [0.4, 0.5) is 0 Å². The van der Waals surface area contributed by atoms with Crippen LogP contribution >= 0.6 is 0 Å². The number of hydrogen-bond acceptors (Lipinski definition) is 2. The summed E-state index contributed by atoms with van der Waals surface area (Å²) in [7, 11) is 0. The van der Waals surface area contributed by atoms with E-state index in [-0.39, 0.29) is 5.97 Å². The molecule has 0 amide bonds. The predicted molar refractivity (Wildman–Crippen MR) is 76.0 cm³/mol. The van der Waals surface area contributed by atoms with Crippen molar-refractivity contribution >= 4 is 16.7 Å². The van der Waals surface area contributed by atoms with E-state index in [1.165, 1.54) is 29.2 Å². The Morgan fingerprint density at radius 3 is 2.68 bits per heavy atom. The van der Waals surface area contributed by atoms with E-state index in [1.807, 2.05) is 12.1 Å². The smallest absolute Gasteiger partial charge is 0.306 e. The maximum atomic E-state index is 11.6. The molecule has 0 saturated heterocycles. The second kappa shape index (κ2) is 5.43. The number of esters is 1. The highest BCUT2D eigenvalue weighted by Crippen LogP contribution is 2.28. The van der Waals surface area contributed by atoms with Crippen molar-refractivity contribution in [1.29, 1.82) is 0 Å². The maximum absolute atomic E-state index is 11.6. The predicted octanol–water partition coefficient (Wildman–Crippen LogP) is 3.73. The van der Waals surface area contributed by atoms with E-state index in [1.54, 1.807) is 0 Å². The summed E-state index contributed by atoms with van der Waals surface area (Å²) in [4.78, 5) is 11.6. The van der Waals surface area contributed by atoms with Crippen LogP contribution in [0.2, 0.25) is 0 Å². The van der Waals surface area contributed by atoms with Gasteiger partial charge in [-0.2, -0.15) is 0 Å². The summed E-state index contributed by atoms with van der Waals surface area (Å²) in [6.45, 7) is 0.622. The number of carbonyl (C=O) groups is 1. The third kappa shape index (κ3) is 3.34. The van der Waals surface area contributed by atoms with Gasteiger partial charge in [0, 0.05) is 6.42 Å². The topological polar surface area (TPSA) is 26.3 Å². The summed E-state index contributed by atoms with van der Waals surface area (Å²) in [5.74, 6) is 0.574. The van der Waals surface area contributed by atoms with E-state index in [0.717, 1.165) is 6.42 Å². The van der Waals surface area contributed by atoms with Gasteiger partial charge in [0.2, 0.25) is 0 Å². The Hall–Kier alpha value is -1.83. The molecule has 0 aromatic heterocycles. The summed E-state index contributed by atoms with van der Waals surface area (Å²) in [6, 6.07) is 14.6. The van der Waals surface area contributed by atoms with E-state index in [0.29, 0.717) is 18.9 Å². The van der Waals surface area contributed by atoms with Crippen LogP contribution in [0.3, 0.4) is 0 Å². The number of fused-ring (bicyclic) bond motifs is 1. The lowest BCUT2D eigenvalue weighted by atomic mass is 10.0. The standard InChI is InChI=1S/C17H18O2/c18-17(19-12-14-5-6-14)10-8-13-7-9-15-3-1-2-4-16(15)11-13/h1-4,7,9,11,14H,5-6,8,10,12H2. The highest BCUT2D eigenvalue weighted by Gasteiger charge is 2.22. The molecule has 98 valence electrons. The van der Waals surface area contributed by atoms with Gasteiger partial charge in [0.05, 0.1) is 6.61 Å². The lowest BCUT2D eigenvalue weighted by Crippen LogP contribution is -2.08. The van der Waals surface area contributed by atoms with Crippen LogP contribution in [-0.4, -0.2) is 12.6 Å². The van der Waals surface area contributed by atoms with Gasteiger partial charge in [-0.25, -0.2) is 0 Å². The second-order valence-corrected chi connectivity index (χ2v) is 5.31. The third-order valence-corrected chi connectivity index (χ3v) is 3.61. The first-order valence-corrected chi connectivity index (χ1v) is 6.94. The molecule has 0 N–H and O–H groups in total. The van der Waals surface area contributed by atoms with Gasteiger partial charge in [-0.1, -0.05) is 42.5 Å². The van der Waals surface area contributed by atoms with Crippen LogP contribution in [0.25, 0.3) is 10.8 Å². The molecule has 1 saturated carbocycles. The van der Waals surface area contributed by atoms with Crippen molar-refractivity contribution in [2.75, 3.05) is 6.61 Å². The van der Waals surface area contributed by atoms with E-state index in [2.05, 4.69) is 30.3 Å². The van der Waals surface area contributed by atoms with Gasteiger partial charge in [0.15, 0.2) is 0 Å². The maximum Gasteiger partial charge on any atom is 0.306 e. The molecule has 1 aliphatic rings. The molecule has 0 unspecified atom stereocenters.